The second-order valence-corrected chi connectivity index (χ2v) is 6.03. The molecular formula is C16H19N7. The summed E-state index contributed by atoms with van der Waals surface area (Å²) in [7, 11) is 0. The Hall–Kier alpha value is -2.57. The van der Waals surface area contributed by atoms with Crippen LogP contribution in [-0.4, -0.2) is 42.9 Å². The van der Waals surface area contributed by atoms with Crippen molar-refractivity contribution >= 4 is 11.5 Å². The Bertz CT molecular complexity index is 833. The molecule has 118 valence electrons. The van der Waals surface area contributed by atoms with Crippen molar-refractivity contribution in [1.82, 2.24) is 29.8 Å². The van der Waals surface area contributed by atoms with Gasteiger partial charge in [-0.05, 0) is 44.9 Å². The molecule has 0 N–H and O–H groups in total. The van der Waals surface area contributed by atoms with Gasteiger partial charge in [-0.15, -0.1) is 10.2 Å². The minimum absolute atomic E-state index is 0.387. The van der Waals surface area contributed by atoms with Crippen molar-refractivity contribution in [2.75, 3.05) is 18.0 Å². The summed E-state index contributed by atoms with van der Waals surface area (Å²) in [5.41, 5.74) is 1.80. The third-order valence-corrected chi connectivity index (χ3v) is 4.37. The van der Waals surface area contributed by atoms with Gasteiger partial charge in [0.2, 0.25) is 0 Å². The van der Waals surface area contributed by atoms with Crippen LogP contribution in [0.25, 0.3) is 5.65 Å². The van der Waals surface area contributed by atoms with Gasteiger partial charge in [0.1, 0.15) is 11.6 Å². The second kappa shape index (κ2) is 5.57. The molecule has 0 unspecified atom stereocenters. The average Bonchev–Trinajstić information content (AvgIpc) is 2.98. The van der Waals surface area contributed by atoms with E-state index in [-0.39, 0.29) is 0 Å². The highest BCUT2D eigenvalue weighted by molar-refractivity contribution is 5.39. The van der Waals surface area contributed by atoms with Crippen LogP contribution in [0.2, 0.25) is 0 Å². The van der Waals surface area contributed by atoms with E-state index in [1.807, 2.05) is 42.8 Å². The van der Waals surface area contributed by atoms with E-state index >= 15 is 0 Å². The van der Waals surface area contributed by atoms with Gasteiger partial charge >= 0.3 is 0 Å². The monoisotopic (exact) mass is 309 g/mol. The van der Waals surface area contributed by atoms with Gasteiger partial charge in [0.05, 0.1) is 5.69 Å². The van der Waals surface area contributed by atoms with E-state index in [4.69, 9.17) is 0 Å². The van der Waals surface area contributed by atoms with Crippen LogP contribution in [0, 0.1) is 13.8 Å². The first-order chi connectivity index (χ1) is 11.2. The first kappa shape index (κ1) is 14.0. The molecule has 1 fully saturated rings. The third-order valence-electron chi connectivity index (χ3n) is 4.37. The van der Waals surface area contributed by atoms with Gasteiger partial charge in [-0.25, -0.2) is 9.97 Å². The third kappa shape index (κ3) is 2.62. The molecular weight excluding hydrogens is 290 g/mol. The summed E-state index contributed by atoms with van der Waals surface area (Å²) in [5, 5.41) is 13.2. The van der Waals surface area contributed by atoms with Crippen LogP contribution in [0.4, 0.5) is 5.82 Å². The smallest absolute Gasteiger partial charge is 0.177 e. The maximum absolute atomic E-state index is 4.56. The zero-order chi connectivity index (χ0) is 15.8. The van der Waals surface area contributed by atoms with E-state index < -0.39 is 0 Å². The van der Waals surface area contributed by atoms with Crippen LogP contribution in [0.3, 0.4) is 0 Å². The minimum Gasteiger partial charge on any atom is -0.356 e. The quantitative estimate of drug-likeness (QED) is 0.720. The van der Waals surface area contributed by atoms with E-state index in [2.05, 4.69) is 30.2 Å². The van der Waals surface area contributed by atoms with Gasteiger partial charge in [-0.1, -0.05) is 0 Å². The Morgan fingerprint density at radius 3 is 2.65 bits per heavy atom. The van der Waals surface area contributed by atoms with Crippen LogP contribution in [0.5, 0.6) is 0 Å². The maximum Gasteiger partial charge on any atom is 0.177 e. The van der Waals surface area contributed by atoms with Crippen molar-refractivity contribution < 1.29 is 0 Å². The van der Waals surface area contributed by atoms with E-state index in [0.29, 0.717) is 5.92 Å². The lowest BCUT2D eigenvalue weighted by molar-refractivity contribution is 0.474. The van der Waals surface area contributed by atoms with Crippen LogP contribution in [0.1, 0.15) is 36.1 Å². The predicted molar refractivity (Wildman–Crippen MR) is 86.5 cm³/mol. The number of fused-ring (bicyclic) bond motifs is 1. The molecule has 0 bridgehead atoms. The lowest BCUT2D eigenvalue weighted by Crippen LogP contribution is -2.34. The Labute approximate surface area is 134 Å². The SMILES string of the molecule is Cc1ccc2nnc(C3CCN(c4ccnc(C)n4)CC3)n2n1. The number of piperidine rings is 1. The number of aryl methyl sites for hydroxylation is 2. The molecule has 0 spiro atoms. The number of nitrogens with zero attached hydrogens (tertiary/aromatic N) is 7. The fourth-order valence-electron chi connectivity index (χ4n) is 3.14. The Morgan fingerprint density at radius 2 is 1.87 bits per heavy atom. The molecule has 3 aromatic heterocycles. The van der Waals surface area contributed by atoms with Crippen LogP contribution in [0.15, 0.2) is 24.4 Å². The van der Waals surface area contributed by atoms with Crippen LogP contribution < -0.4 is 4.90 Å². The molecule has 7 heteroatoms. The van der Waals surface area contributed by atoms with Gasteiger partial charge in [0, 0.05) is 25.2 Å². The summed E-state index contributed by atoms with van der Waals surface area (Å²) in [4.78, 5) is 11.0. The number of hydrogen-bond acceptors (Lipinski definition) is 6. The van der Waals surface area contributed by atoms with E-state index in [1.165, 1.54) is 0 Å². The molecule has 0 aliphatic carbocycles. The second-order valence-electron chi connectivity index (χ2n) is 6.03. The fraction of sp³-hybridized carbons (Fsp3) is 0.438. The fourth-order valence-corrected chi connectivity index (χ4v) is 3.14. The van der Waals surface area contributed by atoms with Gasteiger partial charge in [0.25, 0.3) is 0 Å². The van der Waals surface area contributed by atoms with Gasteiger partial charge in [-0.3, -0.25) is 0 Å². The summed E-state index contributed by atoms with van der Waals surface area (Å²) >= 11 is 0. The maximum atomic E-state index is 4.56. The van der Waals surface area contributed by atoms with E-state index in [1.54, 1.807) is 0 Å². The number of anilines is 1. The molecule has 3 aromatic rings. The normalized spacial score (nSPS) is 16.2. The van der Waals surface area contributed by atoms with Gasteiger partial charge in [0.15, 0.2) is 11.5 Å². The number of rotatable bonds is 2. The number of hydrogen-bond donors (Lipinski definition) is 0. The van der Waals surface area contributed by atoms with Gasteiger partial charge < -0.3 is 4.90 Å². The summed E-state index contributed by atoms with van der Waals surface area (Å²) in [6.45, 7) is 5.83. The largest absolute Gasteiger partial charge is 0.356 e. The van der Waals surface area contributed by atoms with Crippen molar-refractivity contribution in [3.63, 3.8) is 0 Å². The number of aromatic nitrogens is 6. The highest BCUT2D eigenvalue weighted by Crippen LogP contribution is 2.28. The lowest BCUT2D eigenvalue weighted by atomic mass is 9.96. The van der Waals surface area contributed by atoms with Crippen molar-refractivity contribution in [3.8, 4) is 0 Å². The molecule has 0 saturated carbocycles. The Balaban J connectivity index is 1.54. The standard InChI is InChI=1S/C16H19N7/c1-11-3-4-15-19-20-16(23(15)21-11)13-6-9-22(10-7-13)14-5-8-17-12(2)18-14/h3-5,8,13H,6-7,9-10H2,1-2H3. The Kier molecular flexibility index (Phi) is 3.40. The molecule has 0 radical (unpaired) electrons. The highest BCUT2D eigenvalue weighted by Gasteiger charge is 2.25. The van der Waals surface area contributed by atoms with Crippen molar-refractivity contribution in [1.29, 1.82) is 0 Å². The molecule has 0 aromatic carbocycles. The zero-order valence-corrected chi connectivity index (χ0v) is 13.3. The van der Waals surface area contributed by atoms with E-state index in [0.717, 1.165) is 54.7 Å². The lowest BCUT2D eigenvalue weighted by Gasteiger charge is -2.31. The topological polar surface area (TPSA) is 72.1 Å². The highest BCUT2D eigenvalue weighted by atomic mass is 15.4. The Morgan fingerprint density at radius 1 is 1.04 bits per heavy atom. The molecule has 4 rings (SSSR count). The minimum atomic E-state index is 0.387. The summed E-state index contributed by atoms with van der Waals surface area (Å²) in [5.74, 6) is 3.18. The predicted octanol–water partition coefficient (Wildman–Crippen LogP) is 1.92. The van der Waals surface area contributed by atoms with Crippen molar-refractivity contribution in [2.45, 2.75) is 32.6 Å². The van der Waals surface area contributed by atoms with Crippen molar-refractivity contribution in [3.05, 3.63) is 41.7 Å². The van der Waals surface area contributed by atoms with Crippen molar-refractivity contribution in [2.24, 2.45) is 0 Å². The first-order valence-corrected chi connectivity index (χ1v) is 7.94. The molecule has 1 aliphatic heterocycles. The molecule has 0 atom stereocenters. The average molecular weight is 309 g/mol. The molecule has 7 nitrogen and oxygen atoms in total. The summed E-state index contributed by atoms with van der Waals surface area (Å²) < 4.78 is 1.89. The first-order valence-electron chi connectivity index (χ1n) is 7.94. The van der Waals surface area contributed by atoms with Gasteiger partial charge in [-0.2, -0.15) is 9.61 Å². The molecule has 1 saturated heterocycles. The summed E-state index contributed by atoms with van der Waals surface area (Å²) in [6.07, 6.45) is 3.88. The zero-order valence-electron chi connectivity index (χ0n) is 13.3. The molecule has 23 heavy (non-hydrogen) atoms. The molecule has 1 aliphatic rings. The van der Waals surface area contributed by atoms with Crippen LogP contribution >= 0.6 is 0 Å². The van der Waals surface area contributed by atoms with Crippen LogP contribution in [-0.2, 0) is 0 Å². The summed E-state index contributed by atoms with van der Waals surface area (Å²) in [6, 6.07) is 5.91. The van der Waals surface area contributed by atoms with E-state index in [9.17, 15) is 0 Å². The molecule has 0 amide bonds. The molecule has 4 heterocycles.